The fourth-order valence-corrected chi connectivity index (χ4v) is 2.37. The lowest BCUT2D eigenvalue weighted by Crippen LogP contribution is -2.52. The highest BCUT2D eigenvalue weighted by Gasteiger charge is 2.45. The van der Waals surface area contributed by atoms with Crippen molar-refractivity contribution in [2.45, 2.75) is 31.4 Å². The van der Waals surface area contributed by atoms with Crippen LogP contribution in [0.4, 0.5) is 13.6 Å². The molecule has 7 heteroatoms. The Morgan fingerprint density at radius 2 is 2.20 bits per heavy atom. The second-order valence-electron chi connectivity index (χ2n) is 4.72. The normalized spacial score (nSPS) is 17.2. The quantitative estimate of drug-likeness (QED) is 0.898. The van der Waals surface area contributed by atoms with Crippen molar-refractivity contribution in [3.63, 3.8) is 0 Å². The van der Waals surface area contributed by atoms with Gasteiger partial charge in [0.1, 0.15) is 5.75 Å². The Bertz CT molecular complexity index is 503. The number of halogens is 3. The number of hydrogen-bond donors (Lipinski definition) is 2. The number of methoxy groups -OCH3 is 1. The number of urea groups is 1. The van der Waals surface area contributed by atoms with Crippen molar-refractivity contribution >= 4 is 17.6 Å². The number of carbonyl (C=O) groups is 1. The molecule has 20 heavy (non-hydrogen) atoms. The highest BCUT2D eigenvalue weighted by molar-refractivity contribution is 6.32. The van der Waals surface area contributed by atoms with E-state index in [9.17, 15) is 13.6 Å². The number of carbonyl (C=O) groups excluding carboxylic acids is 1. The average Bonchev–Trinajstić information content (AvgIpc) is 2.34. The van der Waals surface area contributed by atoms with E-state index >= 15 is 0 Å². The van der Waals surface area contributed by atoms with Crippen molar-refractivity contribution < 1.29 is 18.3 Å². The first kappa shape index (κ1) is 14.8. The van der Waals surface area contributed by atoms with E-state index in [0.29, 0.717) is 16.3 Å². The van der Waals surface area contributed by atoms with Crippen molar-refractivity contribution in [3.8, 4) is 5.75 Å². The van der Waals surface area contributed by atoms with Crippen LogP contribution in [0.15, 0.2) is 18.2 Å². The van der Waals surface area contributed by atoms with Crippen LogP contribution in [0.1, 0.15) is 18.4 Å². The third-order valence-corrected chi connectivity index (χ3v) is 3.41. The predicted molar refractivity (Wildman–Crippen MR) is 71.3 cm³/mol. The van der Waals surface area contributed by atoms with Gasteiger partial charge >= 0.3 is 6.03 Å². The van der Waals surface area contributed by atoms with Crippen LogP contribution >= 0.6 is 11.6 Å². The molecule has 0 atom stereocenters. The molecule has 4 nitrogen and oxygen atoms in total. The second kappa shape index (κ2) is 5.83. The van der Waals surface area contributed by atoms with Crippen molar-refractivity contribution in [2.75, 3.05) is 7.11 Å². The zero-order valence-corrected chi connectivity index (χ0v) is 11.6. The summed E-state index contributed by atoms with van der Waals surface area (Å²) in [5, 5.41) is 5.53. The van der Waals surface area contributed by atoms with Gasteiger partial charge in [-0.2, -0.15) is 0 Å². The van der Waals surface area contributed by atoms with Gasteiger partial charge in [0.2, 0.25) is 0 Å². The summed E-state index contributed by atoms with van der Waals surface area (Å²) >= 11 is 5.96. The first-order valence-corrected chi connectivity index (χ1v) is 6.52. The van der Waals surface area contributed by atoms with Gasteiger partial charge in [-0.1, -0.05) is 23.7 Å². The standard InChI is InChI=1S/C13H15ClF2N2O2/c1-20-11-8(3-2-4-10(11)14)7-17-12(19)18-9-5-13(15,16)6-9/h2-4,9H,5-7H2,1H3,(H2,17,18,19). The molecule has 2 rings (SSSR count). The largest absolute Gasteiger partial charge is 0.495 e. The van der Waals surface area contributed by atoms with Crippen LogP contribution in [0.5, 0.6) is 5.75 Å². The molecule has 1 fully saturated rings. The molecule has 0 heterocycles. The summed E-state index contributed by atoms with van der Waals surface area (Å²) in [5.41, 5.74) is 0.717. The van der Waals surface area contributed by atoms with Crippen molar-refractivity contribution in [1.82, 2.24) is 10.6 Å². The first-order valence-electron chi connectivity index (χ1n) is 6.15. The minimum atomic E-state index is -2.64. The van der Waals surface area contributed by atoms with Gasteiger partial charge in [0.05, 0.1) is 12.1 Å². The van der Waals surface area contributed by atoms with Gasteiger partial charge in [-0.25, -0.2) is 13.6 Å². The second-order valence-corrected chi connectivity index (χ2v) is 5.13. The monoisotopic (exact) mass is 304 g/mol. The Balaban J connectivity index is 1.83. The van der Waals surface area contributed by atoms with Gasteiger partial charge < -0.3 is 15.4 Å². The third-order valence-electron chi connectivity index (χ3n) is 3.12. The van der Waals surface area contributed by atoms with Gasteiger partial charge in [0, 0.05) is 31.0 Å². The lowest BCUT2D eigenvalue weighted by molar-refractivity contribution is -0.0896. The molecule has 0 radical (unpaired) electrons. The van der Waals surface area contributed by atoms with E-state index in [0.717, 1.165) is 0 Å². The summed E-state index contributed by atoms with van der Waals surface area (Å²) in [4.78, 5) is 11.6. The highest BCUT2D eigenvalue weighted by Crippen LogP contribution is 2.37. The van der Waals surface area contributed by atoms with Gasteiger partial charge in [0.15, 0.2) is 0 Å². The van der Waals surface area contributed by atoms with Crippen LogP contribution in [0.3, 0.4) is 0 Å². The number of benzene rings is 1. The molecule has 0 saturated heterocycles. The van der Waals surface area contributed by atoms with Crippen molar-refractivity contribution in [3.05, 3.63) is 28.8 Å². The summed E-state index contributed by atoms with van der Waals surface area (Å²) in [7, 11) is 1.49. The van der Waals surface area contributed by atoms with Gasteiger partial charge in [0.25, 0.3) is 5.92 Å². The van der Waals surface area contributed by atoms with E-state index in [-0.39, 0.29) is 19.4 Å². The molecular formula is C13H15ClF2N2O2. The molecule has 110 valence electrons. The van der Waals surface area contributed by atoms with E-state index in [1.807, 2.05) is 0 Å². The molecule has 2 amide bonds. The van der Waals surface area contributed by atoms with E-state index in [1.54, 1.807) is 18.2 Å². The molecule has 0 unspecified atom stereocenters. The number of rotatable bonds is 4. The molecule has 0 spiro atoms. The molecule has 0 bridgehead atoms. The van der Waals surface area contributed by atoms with Crippen LogP contribution < -0.4 is 15.4 Å². The zero-order chi connectivity index (χ0) is 14.8. The van der Waals surface area contributed by atoms with Crippen LogP contribution in [0.25, 0.3) is 0 Å². The summed E-state index contributed by atoms with van der Waals surface area (Å²) < 4.78 is 30.4. The number of amides is 2. The predicted octanol–water partition coefficient (Wildman–Crippen LogP) is 2.95. The molecule has 1 saturated carbocycles. The van der Waals surface area contributed by atoms with E-state index in [4.69, 9.17) is 16.3 Å². The fourth-order valence-electron chi connectivity index (χ4n) is 2.10. The number of alkyl halides is 2. The smallest absolute Gasteiger partial charge is 0.315 e. The maximum absolute atomic E-state index is 12.6. The Labute approximate surface area is 120 Å². The molecule has 1 aromatic carbocycles. The number of hydrogen-bond acceptors (Lipinski definition) is 2. The Hall–Kier alpha value is -1.56. The molecule has 0 aliphatic heterocycles. The van der Waals surface area contributed by atoms with Gasteiger partial charge in [-0.15, -0.1) is 0 Å². The number of ether oxygens (including phenoxy) is 1. The number of para-hydroxylation sites is 1. The molecule has 1 aromatic rings. The van der Waals surface area contributed by atoms with Gasteiger partial charge in [-0.3, -0.25) is 0 Å². The maximum Gasteiger partial charge on any atom is 0.315 e. The van der Waals surface area contributed by atoms with E-state index < -0.39 is 18.0 Å². The summed E-state index contributed by atoms with van der Waals surface area (Å²) in [6.45, 7) is 0.207. The summed E-state index contributed by atoms with van der Waals surface area (Å²) in [6.07, 6.45) is -0.609. The van der Waals surface area contributed by atoms with E-state index in [1.165, 1.54) is 7.11 Å². The first-order chi connectivity index (χ1) is 9.41. The molecule has 1 aliphatic carbocycles. The third kappa shape index (κ3) is 3.50. The minimum Gasteiger partial charge on any atom is -0.495 e. The molecule has 1 aliphatic rings. The summed E-state index contributed by atoms with van der Waals surface area (Å²) in [5.74, 6) is -2.15. The van der Waals surface area contributed by atoms with Crippen LogP contribution in [-0.4, -0.2) is 25.1 Å². The molecule has 0 aromatic heterocycles. The summed E-state index contributed by atoms with van der Waals surface area (Å²) in [6, 6.07) is 4.24. The molecule has 2 N–H and O–H groups in total. The number of nitrogens with one attached hydrogen (secondary N) is 2. The fraction of sp³-hybridized carbons (Fsp3) is 0.462. The van der Waals surface area contributed by atoms with Crippen molar-refractivity contribution in [2.24, 2.45) is 0 Å². The Morgan fingerprint density at radius 3 is 2.80 bits per heavy atom. The lowest BCUT2D eigenvalue weighted by atomic mass is 9.88. The maximum atomic E-state index is 12.6. The minimum absolute atomic E-state index is 0.207. The van der Waals surface area contributed by atoms with Crippen molar-refractivity contribution in [1.29, 1.82) is 0 Å². The van der Waals surface area contributed by atoms with E-state index in [2.05, 4.69) is 10.6 Å². The van der Waals surface area contributed by atoms with Crippen LogP contribution in [0, 0.1) is 0 Å². The highest BCUT2D eigenvalue weighted by atomic mass is 35.5. The SMILES string of the molecule is COc1c(Cl)cccc1CNC(=O)NC1CC(F)(F)C1. The topological polar surface area (TPSA) is 50.4 Å². The Morgan fingerprint density at radius 1 is 1.50 bits per heavy atom. The Kier molecular flexibility index (Phi) is 4.32. The van der Waals surface area contributed by atoms with Gasteiger partial charge in [-0.05, 0) is 6.07 Å². The lowest BCUT2D eigenvalue weighted by Gasteiger charge is -2.35. The average molecular weight is 305 g/mol. The van der Waals surface area contributed by atoms with Crippen LogP contribution in [0.2, 0.25) is 5.02 Å². The molecular weight excluding hydrogens is 290 g/mol. The van der Waals surface area contributed by atoms with Crippen LogP contribution in [-0.2, 0) is 6.54 Å². The zero-order valence-electron chi connectivity index (χ0n) is 10.9.